The third kappa shape index (κ3) is 3.17. The van der Waals surface area contributed by atoms with Crippen molar-refractivity contribution in [1.82, 2.24) is 14.9 Å². The summed E-state index contributed by atoms with van der Waals surface area (Å²) in [4.78, 5) is 25.9. The van der Waals surface area contributed by atoms with Gasteiger partial charge in [-0.2, -0.15) is 0 Å². The molecule has 2 aromatic rings. The summed E-state index contributed by atoms with van der Waals surface area (Å²) in [6.07, 6.45) is 5.96. The van der Waals surface area contributed by atoms with Crippen molar-refractivity contribution in [2.24, 2.45) is 0 Å². The van der Waals surface area contributed by atoms with Gasteiger partial charge in [0.2, 0.25) is 0 Å². The Kier molecular flexibility index (Phi) is 4.36. The summed E-state index contributed by atoms with van der Waals surface area (Å²) >= 11 is 0. The zero-order chi connectivity index (χ0) is 19.2. The van der Waals surface area contributed by atoms with E-state index in [1.807, 2.05) is 17.9 Å². The van der Waals surface area contributed by atoms with E-state index in [0.717, 1.165) is 37.2 Å². The van der Waals surface area contributed by atoms with Crippen LogP contribution in [0.3, 0.4) is 0 Å². The van der Waals surface area contributed by atoms with E-state index in [1.165, 1.54) is 6.07 Å². The van der Waals surface area contributed by atoms with Crippen LogP contribution in [0.5, 0.6) is 0 Å². The number of piperidine rings is 1. The smallest absolute Gasteiger partial charge is 0.274 e. The Bertz CT molecular complexity index is 852. The van der Waals surface area contributed by atoms with Gasteiger partial charge < -0.3 is 9.80 Å². The van der Waals surface area contributed by atoms with E-state index in [1.54, 1.807) is 24.5 Å². The molecule has 5 nitrogen and oxygen atoms in total. The quantitative estimate of drug-likeness (QED) is 0.813. The summed E-state index contributed by atoms with van der Waals surface area (Å²) in [6, 6.07) is 7.04. The first-order chi connectivity index (χ1) is 12.9. The highest BCUT2D eigenvalue weighted by Gasteiger charge is 2.50. The Labute approximate surface area is 159 Å². The Morgan fingerprint density at radius 3 is 2.74 bits per heavy atom. The van der Waals surface area contributed by atoms with Gasteiger partial charge in [0.05, 0.1) is 24.0 Å². The van der Waals surface area contributed by atoms with Crippen LogP contribution in [-0.2, 0) is 0 Å². The molecule has 2 aliphatic rings. The molecule has 2 atom stereocenters. The van der Waals surface area contributed by atoms with E-state index in [4.69, 9.17) is 0 Å². The number of aryl methyl sites for hydroxylation is 1. The van der Waals surface area contributed by atoms with Crippen molar-refractivity contribution in [2.45, 2.75) is 57.7 Å². The van der Waals surface area contributed by atoms with Crippen LogP contribution < -0.4 is 4.90 Å². The average molecular weight is 368 g/mol. The van der Waals surface area contributed by atoms with Gasteiger partial charge in [-0.1, -0.05) is 6.07 Å². The predicted octanol–water partition coefficient (Wildman–Crippen LogP) is 3.59. The number of carbonyl (C=O) groups is 1. The highest BCUT2D eigenvalue weighted by molar-refractivity contribution is 5.92. The summed E-state index contributed by atoms with van der Waals surface area (Å²) in [7, 11) is 0. The lowest BCUT2D eigenvalue weighted by Crippen LogP contribution is -2.53. The van der Waals surface area contributed by atoms with E-state index >= 15 is 0 Å². The fraction of sp³-hybridized carbons (Fsp3) is 0.476. The van der Waals surface area contributed by atoms with Crippen molar-refractivity contribution in [3.8, 4) is 0 Å². The minimum absolute atomic E-state index is 0.0610. The molecule has 4 rings (SSSR count). The molecule has 2 saturated heterocycles. The maximum atomic E-state index is 13.8. The van der Waals surface area contributed by atoms with Gasteiger partial charge in [0, 0.05) is 24.0 Å². The first-order valence-electron chi connectivity index (χ1n) is 9.51. The topological polar surface area (TPSA) is 49.3 Å². The Balaban J connectivity index is 1.66. The molecule has 0 unspecified atom stereocenters. The number of anilines is 1. The van der Waals surface area contributed by atoms with Crippen LogP contribution in [0.4, 0.5) is 10.1 Å². The molecule has 1 aromatic carbocycles. The predicted molar refractivity (Wildman–Crippen MR) is 102 cm³/mol. The highest BCUT2D eigenvalue weighted by Crippen LogP contribution is 2.44. The van der Waals surface area contributed by atoms with Gasteiger partial charge in [0.1, 0.15) is 11.5 Å². The summed E-state index contributed by atoms with van der Waals surface area (Å²) < 4.78 is 13.8. The minimum Gasteiger partial charge on any atom is -0.361 e. The molecule has 3 heterocycles. The number of aromatic nitrogens is 2. The third-order valence-electron chi connectivity index (χ3n) is 5.78. The lowest BCUT2D eigenvalue weighted by atomic mass is 9.94. The Hall–Kier alpha value is -2.50. The van der Waals surface area contributed by atoms with Crippen LogP contribution >= 0.6 is 0 Å². The van der Waals surface area contributed by atoms with Gasteiger partial charge in [0.25, 0.3) is 5.91 Å². The van der Waals surface area contributed by atoms with Crippen LogP contribution in [-0.4, -0.2) is 44.9 Å². The third-order valence-corrected chi connectivity index (χ3v) is 5.78. The highest BCUT2D eigenvalue weighted by atomic mass is 19.1. The summed E-state index contributed by atoms with van der Waals surface area (Å²) in [5, 5.41) is 0. The fourth-order valence-corrected chi connectivity index (χ4v) is 4.71. The molecule has 0 spiro atoms. The second-order valence-electron chi connectivity index (χ2n) is 8.18. The molecule has 142 valence electrons. The van der Waals surface area contributed by atoms with Crippen molar-refractivity contribution in [3.05, 3.63) is 53.9 Å². The molecular weight excluding hydrogens is 343 g/mol. The SMILES string of the molecule is Cc1cnc(C(=O)N2CCC[C@H]3[C@@H]2CC(C)(C)N3c2cccc(F)c2)cn1. The largest absolute Gasteiger partial charge is 0.361 e. The van der Waals surface area contributed by atoms with Crippen LogP contribution in [0.2, 0.25) is 0 Å². The number of nitrogens with zero attached hydrogens (tertiary/aromatic N) is 4. The van der Waals surface area contributed by atoms with Crippen molar-refractivity contribution in [1.29, 1.82) is 0 Å². The molecule has 27 heavy (non-hydrogen) atoms. The molecular formula is C21H25FN4O. The molecule has 2 fully saturated rings. The van der Waals surface area contributed by atoms with E-state index in [-0.39, 0.29) is 29.3 Å². The molecule has 2 aliphatic heterocycles. The Morgan fingerprint density at radius 1 is 1.22 bits per heavy atom. The summed E-state index contributed by atoms with van der Waals surface area (Å²) in [5.41, 5.74) is 1.91. The number of benzene rings is 1. The number of halogens is 1. The first kappa shape index (κ1) is 17.9. The lowest BCUT2D eigenvalue weighted by molar-refractivity contribution is 0.0598. The van der Waals surface area contributed by atoms with Crippen molar-refractivity contribution in [3.63, 3.8) is 0 Å². The normalized spacial score (nSPS) is 24.0. The zero-order valence-corrected chi connectivity index (χ0v) is 16.0. The van der Waals surface area contributed by atoms with Gasteiger partial charge in [-0.05, 0) is 58.2 Å². The van der Waals surface area contributed by atoms with Crippen LogP contribution in [0.25, 0.3) is 0 Å². The standard InChI is InChI=1S/C21H25FN4O/c1-14-12-24-17(13-23-14)20(27)25-9-5-8-18-19(25)11-21(2,3)26(18)16-7-4-6-15(22)10-16/h4,6-7,10,12-13,18-19H,5,8-9,11H2,1-3H3/t18-,19-/m0/s1. The number of carbonyl (C=O) groups excluding carboxylic acids is 1. The number of amides is 1. The van der Waals surface area contributed by atoms with Crippen molar-refractivity contribution >= 4 is 11.6 Å². The van der Waals surface area contributed by atoms with Crippen LogP contribution in [0.1, 0.15) is 49.3 Å². The number of hydrogen-bond donors (Lipinski definition) is 0. The molecule has 0 bridgehead atoms. The van der Waals surface area contributed by atoms with E-state index in [0.29, 0.717) is 5.69 Å². The van der Waals surface area contributed by atoms with Gasteiger partial charge in [-0.15, -0.1) is 0 Å². The van der Waals surface area contributed by atoms with E-state index in [2.05, 4.69) is 28.7 Å². The van der Waals surface area contributed by atoms with Gasteiger partial charge in [-0.25, -0.2) is 9.37 Å². The molecule has 0 N–H and O–H groups in total. The maximum absolute atomic E-state index is 13.8. The van der Waals surface area contributed by atoms with Crippen LogP contribution in [0.15, 0.2) is 36.7 Å². The van der Waals surface area contributed by atoms with E-state index < -0.39 is 0 Å². The second-order valence-corrected chi connectivity index (χ2v) is 8.18. The maximum Gasteiger partial charge on any atom is 0.274 e. The molecule has 1 aromatic heterocycles. The molecule has 0 saturated carbocycles. The number of hydrogen-bond acceptors (Lipinski definition) is 4. The molecule has 0 aliphatic carbocycles. The van der Waals surface area contributed by atoms with E-state index in [9.17, 15) is 9.18 Å². The fourth-order valence-electron chi connectivity index (χ4n) is 4.71. The van der Waals surface area contributed by atoms with Gasteiger partial charge in [0.15, 0.2) is 0 Å². The number of rotatable bonds is 2. The van der Waals surface area contributed by atoms with Crippen molar-refractivity contribution < 1.29 is 9.18 Å². The summed E-state index contributed by atoms with van der Waals surface area (Å²) in [6.45, 7) is 6.92. The molecule has 1 amide bonds. The minimum atomic E-state index is -0.231. The van der Waals surface area contributed by atoms with Gasteiger partial charge >= 0.3 is 0 Å². The molecule has 6 heteroatoms. The monoisotopic (exact) mass is 368 g/mol. The lowest BCUT2D eigenvalue weighted by Gasteiger charge is -2.42. The molecule has 0 radical (unpaired) electrons. The zero-order valence-electron chi connectivity index (χ0n) is 16.0. The summed E-state index contributed by atoms with van der Waals surface area (Å²) in [5.74, 6) is -0.292. The second kappa shape index (κ2) is 6.59. The van der Waals surface area contributed by atoms with Gasteiger partial charge in [-0.3, -0.25) is 9.78 Å². The number of likely N-dealkylation sites (tertiary alicyclic amines) is 1. The first-order valence-corrected chi connectivity index (χ1v) is 9.51. The Morgan fingerprint density at radius 2 is 2.04 bits per heavy atom. The van der Waals surface area contributed by atoms with Crippen LogP contribution in [0, 0.1) is 12.7 Å². The average Bonchev–Trinajstić information content (AvgIpc) is 2.91. The van der Waals surface area contributed by atoms with Crippen molar-refractivity contribution in [2.75, 3.05) is 11.4 Å². The number of fused-ring (bicyclic) bond motifs is 1.